The molecule has 0 radical (unpaired) electrons. The highest BCUT2D eigenvalue weighted by Gasteiger charge is 2.51. The van der Waals surface area contributed by atoms with Crippen LogP contribution in [0.2, 0.25) is 0 Å². The van der Waals surface area contributed by atoms with Gasteiger partial charge in [0.1, 0.15) is 0 Å². The number of hydrogen-bond donors (Lipinski definition) is 2. The summed E-state index contributed by atoms with van der Waals surface area (Å²) in [6.45, 7) is 2.55. The lowest BCUT2D eigenvalue weighted by molar-refractivity contribution is -0.131. The van der Waals surface area contributed by atoms with Gasteiger partial charge in [0.2, 0.25) is 5.91 Å². The first-order valence-electron chi connectivity index (χ1n) is 5.17. The monoisotopic (exact) mass is 199 g/mol. The average Bonchev–Trinajstić information content (AvgIpc) is 2.87. The molecule has 0 spiro atoms. The minimum atomic E-state index is -0.514. The van der Waals surface area contributed by atoms with E-state index in [1.165, 1.54) is 0 Å². The largest absolute Gasteiger partial charge is 0.396 e. The van der Waals surface area contributed by atoms with Crippen molar-refractivity contribution >= 4 is 5.91 Å². The van der Waals surface area contributed by atoms with Gasteiger partial charge in [0.15, 0.2) is 0 Å². The van der Waals surface area contributed by atoms with E-state index in [0.717, 1.165) is 12.8 Å². The summed E-state index contributed by atoms with van der Waals surface area (Å²) >= 11 is 0. The van der Waals surface area contributed by atoms with E-state index in [9.17, 15) is 15.0 Å². The zero-order valence-electron chi connectivity index (χ0n) is 8.44. The van der Waals surface area contributed by atoms with E-state index in [1.807, 2.05) is 6.92 Å². The third-order valence-electron chi connectivity index (χ3n) is 3.70. The lowest BCUT2D eigenvalue weighted by atomic mass is 9.98. The Morgan fingerprint density at radius 2 is 2.29 bits per heavy atom. The van der Waals surface area contributed by atoms with E-state index in [0.29, 0.717) is 6.54 Å². The van der Waals surface area contributed by atoms with E-state index >= 15 is 0 Å². The van der Waals surface area contributed by atoms with Crippen LogP contribution in [0.25, 0.3) is 0 Å². The maximum absolute atomic E-state index is 11.5. The van der Waals surface area contributed by atoms with Crippen LogP contribution in [0.4, 0.5) is 0 Å². The summed E-state index contributed by atoms with van der Waals surface area (Å²) < 4.78 is 0. The molecule has 0 aromatic rings. The van der Waals surface area contributed by atoms with Crippen molar-refractivity contribution in [3.63, 3.8) is 0 Å². The summed E-state index contributed by atoms with van der Waals surface area (Å²) in [5.41, 5.74) is -0.0697. The minimum Gasteiger partial charge on any atom is -0.396 e. The van der Waals surface area contributed by atoms with Gasteiger partial charge >= 0.3 is 0 Å². The molecule has 2 N–H and O–H groups in total. The quantitative estimate of drug-likeness (QED) is 0.658. The Balaban J connectivity index is 2.05. The zero-order valence-corrected chi connectivity index (χ0v) is 8.44. The normalized spacial score (nSPS) is 32.1. The van der Waals surface area contributed by atoms with Crippen LogP contribution < -0.4 is 0 Å². The third kappa shape index (κ3) is 1.42. The van der Waals surface area contributed by atoms with E-state index in [2.05, 4.69) is 0 Å². The van der Waals surface area contributed by atoms with Gasteiger partial charge in [-0.25, -0.2) is 0 Å². The third-order valence-corrected chi connectivity index (χ3v) is 3.70. The Kier molecular flexibility index (Phi) is 2.27. The van der Waals surface area contributed by atoms with Crippen molar-refractivity contribution in [2.45, 2.75) is 38.3 Å². The summed E-state index contributed by atoms with van der Waals surface area (Å²) in [5.74, 6) is 0.0183. The summed E-state index contributed by atoms with van der Waals surface area (Å²) in [7, 11) is 0. The second-order valence-corrected chi connectivity index (χ2v) is 4.60. The van der Waals surface area contributed by atoms with Gasteiger partial charge in [-0.05, 0) is 19.8 Å². The predicted octanol–water partition coefficient (Wildman–Crippen LogP) is -0.259. The summed E-state index contributed by atoms with van der Waals surface area (Å²) in [6.07, 6.45) is 1.71. The molecular weight excluding hydrogens is 182 g/mol. The molecule has 1 amide bonds. The second-order valence-electron chi connectivity index (χ2n) is 4.60. The fourth-order valence-corrected chi connectivity index (χ4v) is 2.29. The van der Waals surface area contributed by atoms with E-state index in [4.69, 9.17) is 0 Å². The molecule has 80 valence electrons. The fourth-order valence-electron chi connectivity index (χ4n) is 2.29. The molecule has 1 aliphatic heterocycles. The smallest absolute Gasteiger partial charge is 0.225 e. The molecule has 1 saturated heterocycles. The zero-order chi connectivity index (χ0) is 10.3. The molecule has 1 saturated carbocycles. The van der Waals surface area contributed by atoms with Crippen molar-refractivity contribution < 1.29 is 15.0 Å². The molecule has 0 aromatic heterocycles. The van der Waals surface area contributed by atoms with Gasteiger partial charge in [-0.3, -0.25) is 4.79 Å². The van der Waals surface area contributed by atoms with E-state index in [-0.39, 0.29) is 30.4 Å². The van der Waals surface area contributed by atoms with Crippen molar-refractivity contribution in [1.29, 1.82) is 0 Å². The fraction of sp³-hybridized carbons (Fsp3) is 0.900. The van der Waals surface area contributed by atoms with Crippen LogP contribution in [-0.2, 0) is 4.79 Å². The number of β-amino-alcohol motifs (C(OH)–C–C–N with tert-alkyl or cyclic N) is 1. The number of likely N-dealkylation sites (tertiary alicyclic amines) is 1. The highest BCUT2D eigenvalue weighted by molar-refractivity contribution is 5.79. The van der Waals surface area contributed by atoms with Crippen LogP contribution in [0.3, 0.4) is 0 Å². The van der Waals surface area contributed by atoms with Crippen LogP contribution in [0.5, 0.6) is 0 Å². The van der Waals surface area contributed by atoms with Gasteiger partial charge in [0.25, 0.3) is 0 Å². The highest BCUT2D eigenvalue weighted by Crippen LogP contribution is 2.50. The van der Waals surface area contributed by atoms with Gasteiger partial charge in [-0.1, -0.05) is 0 Å². The molecule has 2 atom stereocenters. The Hall–Kier alpha value is -0.610. The lowest BCUT2D eigenvalue weighted by Crippen LogP contribution is -2.42. The molecule has 0 aromatic carbocycles. The van der Waals surface area contributed by atoms with Crippen LogP contribution in [-0.4, -0.2) is 46.3 Å². The van der Waals surface area contributed by atoms with Crippen molar-refractivity contribution in [1.82, 2.24) is 4.90 Å². The van der Waals surface area contributed by atoms with Crippen LogP contribution >= 0.6 is 0 Å². The van der Waals surface area contributed by atoms with Crippen molar-refractivity contribution in [3.8, 4) is 0 Å². The van der Waals surface area contributed by atoms with Gasteiger partial charge in [-0.2, -0.15) is 0 Å². The second kappa shape index (κ2) is 3.21. The Morgan fingerprint density at radius 3 is 2.64 bits per heavy atom. The van der Waals surface area contributed by atoms with Gasteiger partial charge in [0, 0.05) is 18.0 Å². The average molecular weight is 199 g/mol. The molecular formula is C10H17NO3. The first-order chi connectivity index (χ1) is 6.59. The Bertz CT molecular complexity index is 250. The highest BCUT2D eigenvalue weighted by atomic mass is 16.3. The summed E-state index contributed by atoms with van der Waals surface area (Å²) in [6, 6.07) is 0.0668. The Morgan fingerprint density at radius 1 is 1.64 bits per heavy atom. The lowest BCUT2D eigenvalue weighted by Gasteiger charge is -2.30. The number of nitrogens with zero attached hydrogens (tertiary/aromatic N) is 1. The SMILES string of the molecule is CC(N1CC(O)CC1=O)C1(CO)CC1. The van der Waals surface area contributed by atoms with Crippen molar-refractivity contribution in [3.05, 3.63) is 0 Å². The molecule has 14 heavy (non-hydrogen) atoms. The summed E-state index contributed by atoms with van der Waals surface area (Å²) in [4.78, 5) is 13.2. The number of carbonyl (C=O) groups is 1. The molecule has 2 unspecified atom stereocenters. The van der Waals surface area contributed by atoms with E-state index < -0.39 is 6.10 Å². The molecule has 2 aliphatic rings. The molecule has 1 heterocycles. The van der Waals surface area contributed by atoms with Crippen LogP contribution in [0.15, 0.2) is 0 Å². The van der Waals surface area contributed by atoms with Crippen LogP contribution in [0.1, 0.15) is 26.2 Å². The number of amides is 1. The van der Waals surface area contributed by atoms with Crippen molar-refractivity contribution in [2.75, 3.05) is 13.2 Å². The molecule has 4 heteroatoms. The molecule has 2 fully saturated rings. The standard InChI is InChI=1S/C10H17NO3/c1-7(10(6-12)2-3-10)11-5-8(13)4-9(11)14/h7-8,12-13H,2-6H2,1H3. The maximum Gasteiger partial charge on any atom is 0.225 e. The van der Waals surface area contributed by atoms with Gasteiger partial charge in [0.05, 0.1) is 19.1 Å². The topological polar surface area (TPSA) is 60.8 Å². The number of aliphatic hydroxyl groups is 2. The van der Waals surface area contributed by atoms with Crippen LogP contribution in [0, 0.1) is 5.41 Å². The van der Waals surface area contributed by atoms with Crippen molar-refractivity contribution in [2.24, 2.45) is 5.41 Å². The Labute approximate surface area is 83.5 Å². The molecule has 2 rings (SSSR count). The number of aliphatic hydroxyl groups excluding tert-OH is 2. The van der Waals surface area contributed by atoms with Gasteiger partial charge in [-0.15, -0.1) is 0 Å². The number of hydrogen-bond acceptors (Lipinski definition) is 3. The maximum atomic E-state index is 11.5. The number of carbonyl (C=O) groups excluding carboxylic acids is 1. The summed E-state index contributed by atoms with van der Waals surface area (Å²) in [5, 5.41) is 18.6. The first kappa shape index (κ1) is 9.93. The van der Waals surface area contributed by atoms with E-state index in [1.54, 1.807) is 4.90 Å². The molecule has 4 nitrogen and oxygen atoms in total. The number of rotatable bonds is 3. The molecule has 1 aliphatic carbocycles. The van der Waals surface area contributed by atoms with Gasteiger partial charge < -0.3 is 15.1 Å². The predicted molar refractivity (Wildman–Crippen MR) is 50.6 cm³/mol. The molecule has 0 bridgehead atoms. The minimum absolute atomic E-state index is 0.0183. The first-order valence-corrected chi connectivity index (χ1v) is 5.17.